The Bertz CT molecular complexity index is 796. The van der Waals surface area contributed by atoms with E-state index in [2.05, 4.69) is 10.2 Å². The first-order chi connectivity index (χ1) is 12.0. The van der Waals surface area contributed by atoms with E-state index in [9.17, 15) is 9.90 Å². The number of likely N-dealkylation sites (N-methyl/N-ethyl adjacent to an activating group) is 1. The van der Waals surface area contributed by atoms with E-state index in [4.69, 9.17) is 12.2 Å². The van der Waals surface area contributed by atoms with Crippen LogP contribution in [0.5, 0.6) is 0 Å². The van der Waals surface area contributed by atoms with Crippen molar-refractivity contribution in [2.24, 2.45) is 0 Å². The standard InChI is InChI=1S/C18H24N4O2S/c1-12-7-9-13(10-8-12)17-19-20-18(25)22(17)11-16(24)21(2)14-5-3-4-6-15(14)23/h7-10,14-15,23H,3-6,11H2,1-2H3,(H,20,25)/t14-,15-/m1/s1. The molecule has 7 heteroatoms. The van der Waals surface area contributed by atoms with Gasteiger partial charge in [0, 0.05) is 12.6 Å². The highest BCUT2D eigenvalue weighted by Crippen LogP contribution is 2.23. The van der Waals surface area contributed by atoms with Gasteiger partial charge in [-0.25, -0.2) is 0 Å². The zero-order chi connectivity index (χ0) is 18.0. The van der Waals surface area contributed by atoms with Gasteiger partial charge in [0.15, 0.2) is 10.6 Å². The van der Waals surface area contributed by atoms with Crippen molar-refractivity contribution < 1.29 is 9.90 Å². The van der Waals surface area contributed by atoms with Crippen molar-refractivity contribution in [3.05, 3.63) is 34.6 Å². The molecule has 2 N–H and O–H groups in total. The van der Waals surface area contributed by atoms with Crippen LogP contribution in [0, 0.1) is 11.7 Å². The second-order valence-corrected chi connectivity index (χ2v) is 7.12. The number of rotatable bonds is 4. The second-order valence-electron chi connectivity index (χ2n) is 6.73. The van der Waals surface area contributed by atoms with E-state index >= 15 is 0 Å². The fraction of sp³-hybridized carbons (Fsp3) is 0.500. The van der Waals surface area contributed by atoms with Gasteiger partial charge < -0.3 is 10.0 Å². The van der Waals surface area contributed by atoms with Crippen LogP contribution in [0.3, 0.4) is 0 Å². The molecule has 0 bridgehead atoms. The quantitative estimate of drug-likeness (QED) is 0.822. The van der Waals surface area contributed by atoms with Crippen molar-refractivity contribution >= 4 is 18.1 Å². The summed E-state index contributed by atoms with van der Waals surface area (Å²) in [6.45, 7) is 2.13. The Hall–Kier alpha value is -1.99. The molecule has 1 aliphatic rings. The lowest BCUT2D eigenvalue weighted by Gasteiger charge is -2.35. The minimum absolute atomic E-state index is 0.0724. The maximum Gasteiger partial charge on any atom is 0.242 e. The number of nitrogens with zero attached hydrogens (tertiary/aromatic N) is 3. The third-order valence-corrected chi connectivity index (χ3v) is 5.26. The van der Waals surface area contributed by atoms with Crippen molar-refractivity contribution in [1.29, 1.82) is 0 Å². The zero-order valence-electron chi connectivity index (χ0n) is 14.6. The van der Waals surface area contributed by atoms with E-state index in [0.717, 1.165) is 36.8 Å². The summed E-state index contributed by atoms with van der Waals surface area (Å²) >= 11 is 5.31. The lowest BCUT2D eigenvalue weighted by Crippen LogP contribution is -2.47. The molecule has 0 spiro atoms. The number of H-pyrrole nitrogens is 1. The smallest absolute Gasteiger partial charge is 0.242 e. The highest BCUT2D eigenvalue weighted by molar-refractivity contribution is 7.71. The van der Waals surface area contributed by atoms with E-state index in [1.165, 1.54) is 0 Å². The molecule has 0 radical (unpaired) electrons. The summed E-state index contributed by atoms with van der Waals surface area (Å²) in [5.74, 6) is 0.577. The molecule has 1 saturated carbocycles. The van der Waals surface area contributed by atoms with Gasteiger partial charge >= 0.3 is 0 Å². The second kappa shape index (κ2) is 7.49. The van der Waals surface area contributed by atoms with Gasteiger partial charge in [-0.05, 0) is 32.0 Å². The number of aromatic amines is 1. The summed E-state index contributed by atoms with van der Waals surface area (Å²) in [4.78, 5) is 14.4. The number of aromatic nitrogens is 3. The molecule has 1 heterocycles. The summed E-state index contributed by atoms with van der Waals surface area (Å²) in [7, 11) is 1.76. The van der Waals surface area contributed by atoms with E-state index < -0.39 is 6.10 Å². The fourth-order valence-corrected chi connectivity index (χ4v) is 3.56. The Kier molecular flexibility index (Phi) is 5.34. The summed E-state index contributed by atoms with van der Waals surface area (Å²) in [5, 5.41) is 17.2. The average molecular weight is 360 g/mol. The molecular weight excluding hydrogens is 336 g/mol. The number of carbonyl (C=O) groups excluding carboxylic acids is 1. The number of hydrogen-bond donors (Lipinski definition) is 2. The average Bonchev–Trinajstić information content (AvgIpc) is 2.96. The van der Waals surface area contributed by atoms with Gasteiger partial charge in [0.2, 0.25) is 5.91 Å². The molecular formula is C18H24N4O2S. The summed E-state index contributed by atoms with van der Waals surface area (Å²) in [5.41, 5.74) is 2.07. The third-order valence-electron chi connectivity index (χ3n) is 4.95. The SMILES string of the molecule is Cc1ccc(-c2n[nH]c(=S)n2CC(=O)N(C)[C@@H]2CCCC[C@H]2O)cc1. The van der Waals surface area contributed by atoms with Crippen LogP contribution in [-0.2, 0) is 11.3 Å². The normalized spacial score (nSPS) is 20.4. The predicted octanol–water partition coefficient (Wildman–Crippen LogP) is 2.68. The summed E-state index contributed by atoms with van der Waals surface area (Å²) < 4.78 is 2.13. The van der Waals surface area contributed by atoms with Gasteiger partial charge in [0.1, 0.15) is 6.54 Å². The van der Waals surface area contributed by atoms with Gasteiger partial charge in [0.25, 0.3) is 0 Å². The van der Waals surface area contributed by atoms with Crippen molar-refractivity contribution in [2.75, 3.05) is 7.05 Å². The van der Waals surface area contributed by atoms with Crippen molar-refractivity contribution in [3.8, 4) is 11.4 Å². The van der Waals surface area contributed by atoms with Gasteiger partial charge in [0.05, 0.1) is 12.1 Å². The lowest BCUT2D eigenvalue weighted by molar-refractivity contribution is -0.136. The number of nitrogens with one attached hydrogen (secondary N) is 1. The predicted molar refractivity (Wildman–Crippen MR) is 98.6 cm³/mol. The van der Waals surface area contributed by atoms with Crippen LogP contribution in [0.15, 0.2) is 24.3 Å². The highest BCUT2D eigenvalue weighted by Gasteiger charge is 2.29. The molecule has 25 heavy (non-hydrogen) atoms. The Morgan fingerprint density at radius 1 is 1.36 bits per heavy atom. The number of benzene rings is 1. The van der Waals surface area contributed by atoms with E-state index in [1.807, 2.05) is 31.2 Å². The molecule has 2 atom stereocenters. The minimum Gasteiger partial charge on any atom is -0.391 e. The fourth-order valence-electron chi connectivity index (χ4n) is 3.36. The highest BCUT2D eigenvalue weighted by atomic mass is 32.1. The van der Waals surface area contributed by atoms with Crippen molar-refractivity contribution in [2.45, 2.75) is 51.3 Å². The first-order valence-electron chi connectivity index (χ1n) is 8.63. The van der Waals surface area contributed by atoms with Crippen molar-refractivity contribution in [3.63, 3.8) is 0 Å². The van der Waals surface area contributed by atoms with Crippen LogP contribution in [0.2, 0.25) is 0 Å². The Morgan fingerprint density at radius 3 is 2.72 bits per heavy atom. The van der Waals surface area contributed by atoms with E-state index in [-0.39, 0.29) is 18.5 Å². The summed E-state index contributed by atoms with van der Waals surface area (Å²) in [6.07, 6.45) is 3.20. The molecule has 3 rings (SSSR count). The molecule has 0 saturated heterocycles. The van der Waals surface area contributed by atoms with Crippen LogP contribution in [0.25, 0.3) is 11.4 Å². The summed E-state index contributed by atoms with van der Waals surface area (Å²) in [6, 6.07) is 7.82. The number of hydrogen-bond acceptors (Lipinski definition) is 4. The molecule has 1 fully saturated rings. The van der Waals surface area contributed by atoms with Gasteiger partial charge in [-0.2, -0.15) is 5.10 Å². The molecule has 1 aliphatic carbocycles. The minimum atomic E-state index is -0.448. The van der Waals surface area contributed by atoms with Crippen LogP contribution in [0.4, 0.5) is 0 Å². The molecule has 1 aromatic heterocycles. The Morgan fingerprint density at radius 2 is 2.04 bits per heavy atom. The molecule has 1 amide bonds. The first-order valence-corrected chi connectivity index (χ1v) is 9.04. The lowest BCUT2D eigenvalue weighted by atomic mass is 9.91. The molecule has 2 aromatic rings. The van der Waals surface area contributed by atoms with Crippen LogP contribution in [-0.4, -0.2) is 49.9 Å². The monoisotopic (exact) mass is 360 g/mol. The van der Waals surface area contributed by atoms with Gasteiger partial charge in [-0.3, -0.25) is 14.5 Å². The van der Waals surface area contributed by atoms with Crippen LogP contribution in [0.1, 0.15) is 31.2 Å². The third kappa shape index (κ3) is 3.82. The maximum atomic E-state index is 12.8. The number of amides is 1. The Labute approximate surface area is 152 Å². The molecule has 0 unspecified atom stereocenters. The number of aryl methyl sites for hydroxylation is 1. The zero-order valence-corrected chi connectivity index (χ0v) is 15.4. The molecule has 6 nitrogen and oxygen atoms in total. The Balaban J connectivity index is 1.80. The van der Waals surface area contributed by atoms with Crippen LogP contribution >= 0.6 is 12.2 Å². The van der Waals surface area contributed by atoms with Crippen molar-refractivity contribution in [1.82, 2.24) is 19.7 Å². The molecule has 134 valence electrons. The number of aliphatic hydroxyl groups is 1. The van der Waals surface area contributed by atoms with Gasteiger partial charge in [-0.1, -0.05) is 42.7 Å². The van der Waals surface area contributed by atoms with Gasteiger partial charge in [-0.15, -0.1) is 0 Å². The maximum absolute atomic E-state index is 12.8. The first kappa shape index (κ1) is 17.8. The topological polar surface area (TPSA) is 74.2 Å². The van der Waals surface area contributed by atoms with E-state index in [0.29, 0.717) is 10.6 Å². The molecule has 1 aromatic carbocycles. The molecule has 0 aliphatic heterocycles. The number of carbonyl (C=O) groups is 1. The van der Waals surface area contributed by atoms with Crippen LogP contribution < -0.4 is 0 Å². The van der Waals surface area contributed by atoms with E-state index in [1.54, 1.807) is 16.5 Å². The number of aliphatic hydroxyl groups excluding tert-OH is 1. The largest absolute Gasteiger partial charge is 0.391 e.